The molecule has 1 heterocycles. The van der Waals surface area contributed by atoms with E-state index in [9.17, 15) is 0 Å². The van der Waals surface area contributed by atoms with Crippen molar-refractivity contribution in [2.24, 2.45) is 0 Å². The van der Waals surface area contributed by atoms with E-state index < -0.39 is 0 Å². The first-order chi connectivity index (χ1) is 6.40. The summed E-state index contributed by atoms with van der Waals surface area (Å²) in [6.07, 6.45) is 3.44. The molecule has 1 aromatic heterocycles. The molecule has 0 atom stereocenters. The molecule has 2 aromatic rings. The summed E-state index contributed by atoms with van der Waals surface area (Å²) in [4.78, 5) is 0. The van der Waals surface area contributed by atoms with Crippen molar-refractivity contribution in [2.75, 3.05) is 0 Å². The Balaban J connectivity index is 2.47. The third-order valence-electron chi connectivity index (χ3n) is 1.84. The van der Waals surface area contributed by atoms with Gasteiger partial charge in [-0.25, -0.2) is 0 Å². The largest absolute Gasteiger partial charge is 0.356 e. The van der Waals surface area contributed by atoms with Crippen LogP contribution in [0.3, 0.4) is 0 Å². The van der Waals surface area contributed by atoms with Crippen molar-refractivity contribution in [3.05, 3.63) is 48.7 Å². The van der Waals surface area contributed by atoms with Crippen LogP contribution in [0.4, 0.5) is 0 Å². The number of hydrogen-bond donors (Lipinski definition) is 0. The Morgan fingerprint density at radius 3 is 2.92 bits per heavy atom. The lowest BCUT2D eigenvalue weighted by Crippen LogP contribution is -1.75. The second kappa shape index (κ2) is 3.27. The van der Waals surface area contributed by atoms with E-state index in [1.54, 1.807) is 12.3 Å². The van der Waals surface area contributed by atoms with E-state index in [0.717, 1.165) is 16.9 Å². The zero-order valence-electron chi connectivity index (χ0n) is 7.10. The first kappa shape index (κ1) is 7.80. The second-order valence-electron chi connectivity index (χ2n) is 2.71. The van der Waals surface area contributed by atoms with Crippen molar-refractivity contribution in [3.63, 3.8) is 0 Å². The second-order valence-corrected chi connectivity index (χ2v) is 2.71. The molecule has 64 valence electrons. The summed E-state index contributed by atoms with van der Waals surface area (Å²) in [5.41, 5.74) is 2.10. The molecule has 0 spiro atoms. The number of nitrogens with zero attached hydrogens (tertiary/aromatic N) is 1. The highest BCUT2D eigenvalue weighted by Gasteiger charge is 2.00. The predicted octanol–water partition coefficient (Wildman–Crippen LogP) is 2.98. The van der Waals surface area contributed by atoms with Gasteiger partial charge < -0.3 is 4.52 Å². The minimum atomic E-state index is 0.781. The molecular weight excluding hydrogens is 162 g/mol. The molecule has 0 amide bonds. The molecule has 0 aliphatic heterocycles. The molecule has 0 bridgehead atoms. The van der Waals surface area contributed by atoms with Crippen molar-refractivity contribution >= 4 is 6.08 Å². The van der Waals surface area contributed by atoms with Gasteiger partial charge in [0, 0.05) is 11.6 Å². The molecule has 2 rings (SSSR count). The zero-order chi connectivity index (χ0) is 9.10. The van der Waals surface area contributed by atoms with E-state index in [-0.39, 0.29) is 0 Å². The van der Waals surface area contributed by atoms with E-state index in [1.165, 1.54) is 0 Å². The molecule has 0 aliphatic rings. The number of aromatic nitrogens is 1. The third-order valence-corrected chi connectivity index (χ3v) is 1.84. The Labute approximate surface area is 76.5 Å². The molecule has 0 fully saturated rings. The normalized spacial score (nSPS) is 9.85. The lowest BCUT2D eigenvalue weighted by molar-refractivity contribution is 0.432. The van der Waals surface area contributed by atoms with Gasteiger partial charge in [0.2, 0.25) is 0 Å². The van der Waals surface area contributed by atoms with Crippen LogP contribution in [0, 0.1) is 0 Å². The van der Waals surface area contributed by atoms with Crippen LogP contribution in [0.1, 0.15) is 5.56 Å². The number of hydrogen-bond acceptors (Lipinski definition) is 2. The molecule has 0 N–H and O–H groups in total. The fourth-order valence-electron chi connectivity index (χ4n) is 1.18. The highest BCUT2D eigenvalue weighted by atomic mass is 16.5. The average molecular weight is 171 g/mol. The summed E-state index contributed by atoms with van der Waals surface area (Å²) in [7, 11) is 0. The molecule has 1 aromatic carbocycles. The molecule has 0 aliphatic carbocycles. The molecular formula is C11H9NO. The summed E-state index contributed by atoms with van der Waals surface area (Å²) in [6, 6.07) is 9.78. The molecule has 0 saturated heterocycles. The maximum absolute atomic E-state index is 5.03. The molecule has 2 heteroatoms. The standard InChI is InChI=1S/C11H9NO/c1-2-9-4-3-5-10(8-9)11-6-7-12-13-11/h2-8H,1H2. The van der Waals surface area contributed by atoms with Crippen molar-refractivity contribution < 1.29 is 4.52 Å². The fraction of sp³-hybridized carbons (Fsp3) is 0. The maximum atomic E-state index is 5.03. The minimum absolute atomic E-state index is 0.781. The lowest BCUT2D eigenvalue weighted by atomic mass is 10.1. The number of rotatable bonds is 2. The van der Waals surface area contributed by atoms with Gasteiger partial charge in [0.05, 0.1) is 6.20 Å². The van der Waals surface area contributed by atoms with Crippen LogP contribution in [0.15, 0.2) is 47.6 Å². The van der Waals surface area contributed by atoms with E-state index in [1.807, 2.05) is 30.3 Å². The monoisotopic (exact) mass is 171 g/mol. The van der Waals surface area contributed by atoms with Crippen LogP contribution in [-0.2, 0) is 0 Å². The maximum Gasteiger partial charge on any atom is 0.166 e. The van der Waals surface area contributed by atoms with Gasteiger partial charge in [0.25, 0.3) is 0 Å². The van der Waals surface area contributed by atoms with Crippen molar-refractivity contribution in [2.45, 2.75) is 0 Å². The van der Waals surface area contributed by atoms with Gasteiger partial charge in [0.1, 0.15) is 0 Å². The van der Waals surface area contributed by atoms with Gasteiger partial charge in [-0.2, -0.15) is 0 Å². The fourth-order valence-corrected chi connectivity index (χ4v) is 1.18. The molecule has 0 saturated carbocycles. The van der Waals surface area contributed by atoms with Crippen molar-refractivity contribution in [1.82, 2.24) is 5.16 Å². The summed E-state index contributed by atoms with van der Waals surface area (Å²) in [6.45, 7) is 3.71. The van der Waals surface area contributed by atoms with Crippen LogP contribution >= 0.6 is 0 Å². The van der Waals surface area contributed by atoms with Crippen molar-refractivity contribution in [3.8, 4) is 11.3 Å². The quantitative estimate of drug-likeness (QED) is 0.694. The van der Waals surface area contributed by atoms with E-state index >= 15 is 0 Å². The highest BCUT2D eigenvalue weighted by molar-refractivity contribution is 5.62. The molecule has 0 radical (unpaired) electrons. The Morgan fingerprint density at radius 2 is 2.23 bits per heavy atom. The van der Waals surface area contributed by atoms with Gasteiger partial charge in [-0.3, -0.25) is 0 Å². The average Bonchev–Trinajstić information content (AvgIpc) is 2.71. The molecule has 13 heavy (non-hydrogen) atoms. The SMILES string of the molecule is C=Cc1cccc(-c2ccno2)c1. The summed E-state index contributed by atoms with van der Waals surface area (Å²) in [5.74, 6) is 0.781. The van der Waals surface area contributed by atoms with Crippen LogP contribution in [0.25, 0.3) is 17.4 Å². The first-order valence-corrected chi connectivity index (χ1v) is 4.04. The summed E-state index contributed by atoms with van der Waals surface area (Å²) in [5, 5.41) is 3.65. The molecule has 2 nitrogen and oxygen atoms in total. The summed E-state index contributed by atoms with van der Waals surface area (Å²) < 4.78 is 5.03. The van der Waals surface area contributed by atoms with E-state index in [0.29, 0.717) is 0 Å². The van der Waals surface area contributed by atoms with Gasteiger partial charge in [-0.15, -0.1) is 0 Å². The lowest BCUT2D eigenvalue weighted by Gasteiger charge is -1.96. The number of benzene rings is 1. The first-order valence-electron chi connectivity index (χ1n) is 4.04. The van der Waals surface area contributed by atoms with Crippen molar-refractivity contribution in [1.29, 1.82) is 0 Å². The predicted molar refractivity (Wildman–Crippen MR) is 52.0 cm³/mol. The van der Waals surface area contributed by atoms with Crippen LogP contribution < -0.4 is 0 Å². The zero-order valence-corrected chi connectivity index (χ0v) is 7.10. The van der Waals surface area contributed by atoms with Gasteiger partial charge >= 0.3 is 0 Å². The Bertz CT molecular complexity index is 404. The Kier molecular flexibility index (Phi) is 1.96. The van der Waals surface area contributed by atoms with Gasteiger partial charge in [0.15, 0.2) is 5.76 Å². The third kappa shape index (κ3) is 1.51. The van der Waals surface area contributed by atoms with E-state index in [2.05, 4.69) is 11.7 Å². The molecule has 0 unspecified atom stereocenters. The van der Waals surface area contributed by atoms with Gasteiger partial charge in [-0.1, -0.05) is 36.0 Å². The summed E-state index contributed by atoms with van der Waals surface area (Å²) >= 11 is 0. The van der Waals surface area contributed by atoms with Gasteiger partial charge in [-0.05, 0) is 11.6 Å². The van der Waals surface area contributed by atoms with E-state index in [4.69, 9.17) is 4.52 Å². The van der Waals surface area contributed by atoms with Crippen LogP contribution in [0.2, 0.25) is 0 Å². The Morgan fingerprint density at radius 1 is 1.31 bits per heavy atom. The van der Waals surface area contributed by atoms with Crippen LogP contribution in [-0.4, -0.2) is 5.16 Å². The van der Waals surface area contributed by atoms with Crippen LogP contribution in [0.5, 0.6) is 0 Å². The smallest absolute Gasteiger partial charge is 0.166 e. The Hall–Kier alpha value is -1.83. The highest BCUT2D eigenvalue weighted by Crippen LogP contribution is 2.19. The topological polar surface area (TPSA) is 26.0 Å². The minimum Gasteiger partial charge on any atom is -0.356 e.